The molecule has 0 heterocycles. The number of carbonyl (C=O) groups is 2. The first-order chi connectivity index (χ1) is 25.1. The first-order valence-corrected chi connectivity index (χ1v) is 17.6. The van der Waals surface area contributed by atoms with Crippen molar-refractivity contribution < 1.29 is 63.0 Å². The van der Waals surface area contributed by atoms with Gasteiger partial charge >= 0.3 is 5.97 Å². The van der Waals surface area contributed by atoms with Crippen LogP contribution in [0.3, 0.4) is 0 Å². The number of carboxylic acids is 1. The second kappa shape index (κ2) is 15.0. The summed E-state index contributed by atoms with van der Waals surface area (Å²) in [6.45, 7) is 2.27. The van der Waals surface area contributed by atoms with Gasteiger partial charge in [0.15, 0.2) is 28.2 Å². The van der Waals surface area contributed by atoms with E-state index >= 15 is 8.78 Å². The van der Waals surface area contributed by atoms with Crippen molar-refractivity contribution in [3.05, 3.63) is 123 Å². The van der Waals surface area contributed by atoms with E-state index in [9.17, 15) is 49.5 Å². The minimum absolute atomic E-state index is 0.143. The van der Waals surface area contributed by atoms with E-state index in [0.717, 1.165) is 54.2 Å². The van der Waals surface area contributed by atoms with Gasteiger partial charge < -0.3 is 14.7 Å². The maximum absolute atomic E-state index is 15.0. The molecule has 1 fully saturated rings. The van der Waals surface area contributed by atoms with Crippen molar-refractivity contribution in [2.75, 3.05) is 18.6 Å². The number of amides is 1. The number of sulfonamides is 1. The third-order valence-corrected chi connectivity index (χ3v) is 10.6. The van der Waals surface area contributed by atoms with Gasteiger partial charge in [0, 0.05) is 24.2 Å². The van der Waals surface area contributed by atoms with Crippen molar-refractivity contribution in [3.63, 3.8) is 0 Å². The Hall–Kier alpha value is -5.03. The van der Waals surface area contributed by atoms with E-state index in [2.05, 4.69) is 0 Å². The Morgan fingerprint density at radius 2 is 1.39 bits per heavy atom. The number of aromatic carboxylic acids is 1. The Kier molecular flexibility index (Phi) is 11.2. The Labute approximate surface area is 304 Å². The number of halogens is 8. The highest BCUT2D eigenvalue weighted by atomic mass is 32.2. The molecule has 0 aliphatic heterocycles. The maximum Gasteiger partial charge on any atom is 0.335 e. The van der Waals surface area contributed by atoms with E-state index in [4.69, 9.17) is 4.74 Å². The van der Waals surface area contributed by atoms with Gasteiger partial charge in [-0.05, 0) is 59.1 Å². The predicted molar refractivity (Wildman–Crippen MR) is 178 cm³/mol. The minimum Gasteiger partial charge on any atom is -0.495 e. The van der Waals surface area contributed by atoms with Crippen LogP contribution in [0.4, 0.5) is 40.8 Å². The number of carboxylic acid groups (broad SMARTS) is 1. The maximum atomic E-state index is 15.0. The average Bonchev–Trinajstić information content (AvgIpc) is 3.95. The monoisotopic (exact) mass is 784 g/mol. The quantitative estimate of drug-likeness (QED) is 0.0885. The number of benzene rings is 4. The molecule has 1 N–H and O–H groups in total. The van der Waals surface area contributed by atoms with Gasteiger partial charge in [0.25, 0.3) is 0 Å². The molecule has 0 unspecified atom stereocenters. The van der Waals surface area contributed by atoms with Crippen LogP contribution in [0.5, 0.6) is 5.75 Å². The summed E-state index contributed by atoms with van der Waals surface area (Å²) in [7, 11) is -4.93. The summed E-state index contributed by atoms with van der Waals surface area (Å²) in [5.74, 6) is -21.2. The van der Waals surface area contributed by atoms with Gasteiger partial charge in [-0.15, -0.1) is 0 Å². The zero-order valence-corrected chi connectivity index (χ0v) is 29.9. The fourth-order valence-corrected chi connectivity index (χ4v) is 7.19. The van der Waals surface area contributed by atoms with Crippen LogP contribution < -0.4 is 9.64 Å². The number of ether oxygens (including phenoxy) is 1. The van der Waals surface area contributed by atoms with Crippen molar-refractivity contribution in [1.82, 2.24) is 4.31 Å². The number of hydrogen-bond acceptors (Lipinski definition) is 5. The van der Waals surface area contributed by atoms with Crippen molar-refractivity contribution in [2.45, 2.75) is 62.9 Å². The van der Waals surface area contributed by atoms with Crippen LogP contribution in [0.1, 0.15) is 72.1 Å². The van der Waals surface area contributed by atoms with E-state index < -0.39 is 97.4 Å². The lowest BCUT2D eigenvalue weighted by atomic mass is 9.84. The topological polar surface area (TPSA) is 104 Å². The lowest BCUT2D eigenvalue weighted by molar-refractivity contribution is -0.119. The predicted octanol–water partition coefficient (Wildman–Crippen LogP) is 8.11. The first kappa shape index (κ1) is 40.2. The van der Waals surface area contributed by atoms with Gasteiger partial charge in [-0.3, -0.25) is 4.79 Å². The summed E-state index contributed by atoms with van der Waals surface area (Å²) >= 11 is 0. The smallest absolute Gasteiger partial charge is 0.335 e. The van der Waals surface area contributed by atoms with E-state index in [1.807, 2.05) is 26.8 Å². The lowest BCUT2D eigenvalue weighted by Crippen LogP contribution is -2.43. The Morgan fingerprint density at radius 3 is 1.91 bits per heavy atom. The highest BCUT2D eigenvalue weighted by Gasteiger charge is 2.40. The minimum atomic E-state index is -6.07. The fraction of sp³-hybridized carbons (Fsp3) is 0.297. The van der Waals surface area contributed by atoms with E-state index in [0.29, 0.717) is 5.56 Å². The molecule has 288 valence electrons. The van der Waals surface area contributed by atoms with Crippen LogP contribution in [-0.2, 0) is 33.3 Å². The first-order valence-electron chi connectivity index (χ1n) is 16.2. The molecule has 0 aromatic heterocycles. The molecule has 4 aromatic rings. The highest BCUT2D eigenvalue weighted by Crippen LogP contribution is 2.42. The highest BCUT2D eigenvalue weighted by molar-refractivity contribution is 7.89. The third kappa shape index (κ3) is 8.06. The van der Waals surface area contributed by atoms with Crippen LogP contribution in [0.25, 0.3) is 0 Å². The number of methoxy groups -OCH3 is 1. The van der Waals surface area contributed by atoms with Crippen LogP contribution in [0, 0.1) is 46.5 Å². The van der Waals surface area contributed by atoms with Crippen LogP contribution >= 0.6 is 0 Å². The van der Waals surface area contributed by atoms with E-state index in [1.54, 1.807) is 12.1 Å². The summed E-state index contributed by atoms with van der Waals surface area (Å²) < 4.78 is 149. The van der Waals surface area contributed by atoms with Crippen LogP contribution in [-0.4, -0.2) is 43.4 Å². The molecule has 1 saturated carbocycles. The molecule has 1 aliphatic carbocycles. The molecule has 5 rings (SSSR count). The number of carbonyl (C=O) groups excluding carboxylic acids is 1. The van der Waals surface area contributed by atoms with Gasteiger partial charge in [0.2, 0.25) is 21.7 Å². The summed E-state index contributed by atoms with van der Waals surface area (Å²) in [6.07, 6.45) is 1.78. The van der Waals surface area contributed by atoms with Crippen molar-refractivity contribution >= 4 is 27.6 Å². The fourth-order valence-electron chi connectivity index (χ4n) is 5.72. The lowest BCUT2D eigenvalue weighted by Gasteiger charge is -2.30. The summed E-state index contributed by atoms with van der Waals surface area (Å²) in [6, 6.07) is 9.13. The molecular weight excluding hydrogens is 752 g/mol. The van der Waals surface area contributed by atoms with Crippen LogP contribution in [0.15, 0.2) is 53.4 Å². The zero-order chi connectivity index (χ0) is 40.0. The number of anilines is 1. The second-order valence-electron chi connectivity index (χ2n) is 13.7. The molecule has 1 aliphatic rings. The molecule has 0 spiro atoms. The molecule has 4 aromatic carbocycles. The SMILES string of the molecule is COc1cc(C(=O)O)ccc1N(Cc1cc(C2CC2)cc(C(C)(C)C)c1)C(=O)CN(Cc1c(F)cc(F)cc1F)S(=O)(=O)c1c(F)c(F)c(F)c(F)c1F. The summed E-state index contributed by atoms with van der Waals surface area (Å²) in [4.78, 5) is 24.6. The molecule has 8 nitrogen and oxygen atoms in total. The number of hydrogen-bond donors (Lipinski definition) is 1. The third-order valence-electron chi connectivity index (χ3n) is 8.81. The van der Waals surface area contributed by atoms with Crippen molar-refractivity contribution in [1.29, 1.82) is 0 Å². The molecule has 17 heteroatoms. The zero-order valence-electron chi connectivity index (χ0n) is 29.0. The second-order valence-corrected chi connectivity index (χ2v) is 15.6. The molecule has 0 bridgehead atoms. The number of rotatable bonds is 12. The van der Waals surface area contributed by atoms with Gasteiger partial charge in [0.1, 0.15) is 23.2 Å². The molecule has 1 amide bonds. The molecule has 0 saturated heterocycles. The Balaban J connectivity index is 1.70. The molecule has 0 radical (unpaired) electrons. The molecule has 0 atom stereocenters. The number of nitrogens with zero attached hydrogens (tertiary/aromatic N) is 2. The van der Waals surface area contributed by atoms with Crippen LogP contribution in [0.2, 0.25) is 0 Å². The average molecular weight is 785 g/mol. The van der Waals surface area contributed by atoms with Crippen molar-refractivity contribution in [2.24, 2.45) is 0 Å². The summed E-state index contributed by atoms with van der Waals surface area (Å²) in [5.41, 5.74) is 0.166. The Morgan fingerprint density at radius 1 is 0.815 bits per heavy atom. The van der Waals surface area contributed by atoms with Crippen molar-refractivity contribution in [3.8, 4) is 5.75 Å². The van der Waals surface area contributed by atoms with Gasteiger partial charge in [0.05, 0.1) is 31.5 Å². The largest absolute Gasteiger partial charge is 0.495 e. The van der Waals surface area contributed by atoms with Gasteiger partial charge in [-0.25, -0.2) is 48.3 Å². The normalized spacial score (nSPS) is 13.4. The Bertz CT molecular complexity index is 2220. The summed E-state index contributed by atoms with van der Waals surface area (Å²) in [5, 5.41) is 9.56. The van der Waals surface area contributed by atoms with E-state index in [1.165, 1.54) is 0 Å². The molecular formula is C37H32F8N2O6S. The standard InChI is InChI=1S/C37H32F8N2O6S/c1-37(2,3)22-10-18(9-21(11-22)19-5-6-19)15-47(27-8-7-20(36(49)50)12-28(27)53-4)29(48)17-46(16-24-25(39)13-23(38)14-26(24)40)54(51,52)35-33(44)31(42)30(41)32(43)34(35)45/h7-14,19H,5-6,15-17H2,1-4H3,(H,49,50). The molecule has 54 heavy (non-hydrogen) atoms. The van der Waals surface area contributed by atoms with Gasteiger partial charge in [-0.1, -0.05) is 39.0 Å². The van der Waals surface area contributed by atoms with Gasteiger partial charge in [-0.2, -0.15) is 4.31 Å². The van der Waals surface area contributed by atoms with E-state index in [-0.39, 0.29) is 45.9 Å².